The van der Waals surface area contributed by atoms with E-state index in [9.17, 15) is 0 Å². The predicted octanol–water partition coefficient (Wildman–Crippen LogP) is 1.33. The van der Waals surface area contributed by atoms with Crippen LogP contribution < -0.4 is 5.73 Å². The number of hydrogen-bond donors (Lipinski definition) is 1. The summed E-state index contributed by atoms with van der Waals surface area (Å²) in [5.41, 5.74) is 6.58. The van der Waals surface area contributed by atoms with Crippen LogP contribution in [0.2, 0.25) is 0 Å². The molecule has 0 atom stereocenters. The number of benzene rings is 1. The lowest BCUT2D eigenvalue weighted by molar-refractivity contribution is 0.402. The lowest BCUT2D eigenvalue weighted by atomic mass is 10.2. The molecule has 2 N–H and O–H groups in total. The van der Waals surface area contributed by atoms with Crippen molar-refractivity contribution in [2.24, 2.45) is 0 Å². The van der Waals surface area contributed by atoms with Gasteiger partial charge < -0.3 is 10.6 Å². The number of nitrogens with zero attached hydrogens (tertiary/aromatic N) is 1. The zero-order chi connectivity index (χ0) is 13.3. The van der Waals surface area contributed by atoms with Gasteiger partial charge in [-0.2, -0.15) is 0 Å². The summed E-state index contributed by atoms with van der Waals surface area (Å²) in [4.78, 5) is 0.495. The van der Waals surface area contributed by atoms with E-state index in [2.05, 4.69) is 0 Å². The minimum atomic E-state index is -2.67. The van der Waals surface area contributed by atoms with Gasteiger partial charge in [0.1, 0.15) is 0 Å². The van der Waals surface area contributed by atoms with Crippen LogP contribution in [-0.4, -0.2) is 18.9 Å². The zero-order valence-corrected chi connectivity index (χ0v) is 6.04. The van der Waals surface area contributed by atoms with Crippen LogP contribution in [0.15, 0.2) is 24.3 Å². The summed E-state index contributed by atoms with van der Waals surface area (Å²) in [6, 6.07) is 6.51. The lowest BCUT2D eigenvalue weighted by Crippen LogP contribution is -2.10. The molecule has 2 nitrogen and oxygen atoms in total. The van der Waals surface area contributed by atoms with Crippen molar-refractivity contribution in [3.05, 3.63) is 29.8 Å². The van der Waals surface area contributed by atoms with Gasteiger partial charge in [0.05, 0.1) is 0 Å². The molecule has 1 aromatic rings. The second-order valence-electron chi connectivity index (χ2n) is 2.33. The van der Waals surface area contributed by atoms with Gasteiger partial charge in [-0.05, 0) is 31.6 Å². The Morgan fingerprint density at radius 1 is 1.55 bits per heavy atom. The number of nitrogens with two attached hydrogens (primary N) is 1. The Balaban J connectivity index is 2.96. The van der Waals surface area contributed by atoms with Crippen LogP contribution in [0.3, 0.4) is 0 Å². The van der Waals surface area contributed by atoms with E-state index in [0.29, 0.717) is 16.2 Å². The summed E-state index contributed by atoms with van der Waals surface area (Å²) in [5.74, 6) is 0. The third-order valence-corrected chi connectivity index (χ3v) is 1.29. The zero-order valence-electron chi connectivity index (χ0n) is 12.0. The first kappa shape index (κ1) is 3.15. The van der Waals surface area contributed by atoms with Gasteiger partial charge in [-0.3, -0.25) is 0 Å². The highest BCUT2D eigenvalue weighted by molar-refractivity contribution is 5.40. The Hall–Kier alpha value is -1.02. The number of nitrogen functional groups attached to an aromatic ring is 1. The molecule has 1 aromatic carbocycles. The molecule has 0 aromatic heterocycles. The highest BCUT2D eigenvalue weighted by Gasteiger charge is 1.93. The summed E-state index contributed by atoms with van der Waals surface area (Å²) < 4.78 is 43.3. The van der Waals surface area contributed by atoms with Crippen LogP contribution >= 0.6 is 0 Å². The average molecular weight is 156 g/mol. The van der Waals surface area contributed by atoms with Gasteiger partial charge in [-0.15, -0.1) is 0 Å². The third kappa shape index (κ3) is 2.60. The molecular weight excluding hydrogens is 136 g/mol. The molecule has 2 heteroatoms. The van der Waals surface area contributed by atoms with Gasteiger partial charge in [0.2, 0.25) is 0 Å². The van der Waals surface area contributed by atoms with Gasteiger partial charge in [0.25, 0.3) is 0 Å². The highest BCUT2D eigenvalue weighted by Crippen LogP contribution is 2.07. The molecule has 0 radical (unpaired) electrons. The number of anilines is 1. The van der Waals surface area contributed by atoms with Crippen LogP contribution in [0.5, 0.6) is 0 Å². The van der Waals surface area contributed by atoms with Crippen LogP contribution in [0.1, 0.15) is 13.8 Å². The summed E-state index contributed by atoms with van der Waals surface area (Å²) in [7, 11) is 0. The summed E-state index contributed by atoms with van der Waals surface area (Å²) in [6.07, 6.45) is 0. The maximum Gasteiger partial charge on any atom is 0.0394 e. The summed E-state index contributed by atoms with van der Waals surface area (Å²) >= 11 is 0. The Bertz CT molecular complexity index is 370. The van der Waals surface area contributed by atoms with Gasteiger partial charge >= 0.3 is 0 Å². The molecule has 60 valence electrons. The number of hydrogen-bond acceptors (Lipinski definition) is 2. The van der Waals surface area contributed by atoms with Crippen molar-refractivity contribution < 1.29 is 8.22 Å². The van der Waals surface area contributed by atoms with Crippen molar-refractivity contribution in [1.29, 1.82) is 0 Å². The summed E-state index contributed by atoms with van der Waals surface area (Å²) in [6.45, 7) is -5.54. The SMILES string of the molecule is [2H]C([2H])([2H])N(Cc1cccc(N)c1)C([2H])([2H])[2H]. The second-order valence-corrected chi connectivity index (χ2v) is 2.33. The first-order valence-electron chi connectivity index (χ1n) is 6.23. The molecule has 0 spiro atoms. The molecule has 0 bridgehead atoms. The van der Waals surface area contributed by atoms with Crippen molar-refractivity contribution in [2.75, 3.05) is 19.7 Å². The first-order valence-corrected chi connectivity index (χ1v) is 3.23. The molecular formula is C9H14N2. The molecule has 0 unspecified atom stereocenters. The van der Waals surface area contributed by atoms with E-state index in [1.807, 2.05) is 0 Å². The summed E-state index contributed by atoms with van der Waals surface area (Å²) in [5, 5.41) is 0. The maximum absolute atomic E-state index is 7.22. The number of rotatable bonds is 2. The largest absolute Gasteiger partial charge is 0.399 e. The van der Waals surface area contributed by atoms with E-state index in [1.54, 1.807) is 24.3 Å². The Labute approximate surface area is 76.1 Å². The molecule has 1 rings (SSSR count). The van der Waals surface area contributed by atoms with E-state index in [-0.39, 0.29) is 6.54 Å². The third-order valence-electron chi connectivity index (χ3n) is 1.29. The van der Waals surface area contributed by atoms with E-state index in [1.165, 1.54) is 0 Å². The van der Waals surface area contributed by atoms with Crippen LogP contribution in [0.4, 0.5) is 5.69 Å². The Morgan fingerprint density at radius 2 is 2.36 bits per heavy atom. The molecule has 0 aliphatic heterocycles. The quantitative estimate of drug-likeness (QED) is 0.654. The fourth-order valence-electron chi connectivity index (χ4n) is 0.874. The highest BCUT2D eigenvalue weighted by atomic mass is 15.0. The standard InChI is InChI=1S/C9H14N2/c1-11(2)7-8-4-3-5-9(10)6-8/h3-6H,7,10H2,1-2H3/i1D3,2D3. The van der Waals surface area contributed by atoms with E-state index in [4.69, 9.17) is 14.0 Å². The molecule has 0 amide bonds. The molecule has 0 saturated carbocycles. The second kappa shape index (κ2) is 3.39. The van der Waals surface area contributed by atoms with Crippen LogP contribution in [0.25, 0.3) is 0 Å². The van der Waals surface area contributed by atoms with Crippen molar-refractivity contribution >= 4 is 5.69 Å². The molecule has 0 heterocycles. The van der Waals surface area contributed by atoms with Gasteiger partial charge in [0.15, 0.2) is 0 Å². The van der Waals surface area contributed by atoms with Crippen LogP contribution in [0, 0.1) is 0 Å². The van der Waals surface area contributed by atoms with Crippen molar-refractivity contribution in [1.82, 2.24) is 4.90 Å². The van der Waals surface area contributed by atoms with Crippen molar-refractivity contribution in [2.45, 2.75) is 6.54 Å². The van der Waals surface area contributed by atoms with Crippen molar-refractivity contribution in [3.8, 4) is 0 Å². The minimum Gasteiger partial charge on any atom is -0.399 e. The Kier molecular flexibility index (Phi) is 0.972. The normalized spacial score (nSPS) is 20.8. The Morgan fingerprint density at radius 3 is 3.00 bits per heavy atom. The first-order chi connectivity index (χ1) is 7.60. The van der Waals surface area contributed by atoms with Gasteiger partial charge in [-0.1, -0.05) is 12.1 Å². The maximum atomic E-state index is 7.22. The smallest absolute Gasteiger partial charge is 0.0394 e. The van der Waals surface area contributed by atoms with E-state index >= 15 is 0 Å². The molecule has 0 fully saturated rings. The fraction of sp³-hybridized carbons (Fsp3) is 0.333. The van der Waals surface area contributed by atoms with Crippen molar-refractivity contribution in [3.63, 3.8) is 0 Å². The monoisotopic (exact) mass is 156 g/mol. The molecule has 11 heavy (non-hydrogen) atoms. The molecule has 0 aliphatic carbocycles. The van der Waals surface area contributed by atoms with Crippen LogP contribution in [-0.2, 0) is 6.54 Å². The predicted molar refractivity (Wildman–Crippen MR) is 48.2 cm³/mol. The van der Waals surface area contributed by atoms with E-state index in [0.717, 1.165) is 0 Å². The minimum absolute atomic E-state index is 0.196. The fourth-order valence-corrected chi connectivity index (χ4v) is 0.874. The topological polar surface area (TPSA) is 29.3 Å². The average Bonchev–Trinajstić information content (AvgIpc) is 2.10. The van der Waals surface area contributed by atoms with E-state index < -0.39 is 14.0 Å². The molecule has 0 aliphatic rings. The van der Waals surface area contributed by atoms with Gasteiger partial charge in [0, 0.05) is 20.5 Å². The molecule has 0 saturated heterocycles. The van der Waals surface area contributed by atoms with Gasteiger partial charge in [-0.25, -0.2) is 0 Å². The lowest BCUT2D eigenvalue weighted by Gasteiger charge is -2.09.